The average Bonchev–Trinajstić information content (AvgIpc) is 2.40. The van der Waals surface area contributed by atoms with Crippen molar-refractivity contribution in [2.24, 2.45) is 5.41 Å². The summed E-state index contributed by atoms with van der Waals surface area (Å²) in [5, 5.41) is 6.04. The largest absolute Gasteiger partial charge is 0.350 e. The summed E-state index contributed by atoms with van der Waals surface area (Å²) in [4.78, 5) is 11.9. The molecule has 0 radical (unpaired) electrons. The standard InChI is InChI=1S/C15H20F2N2O/c1-15(2)7-4-8-18-12(15)9-19-14(20)10-5-3-6-11(16)13(10)17/h3,5-6,12,18H,4,7-9H2,1-2H3,(H,19,20). The molecule has 5 heteroatoms. The van der Waals surface area contributed by atoms with Crippen LogP contribution in [0.15, 0.2) is 18.2 Å². The van der Waals surface area contributed by atoms with Crippen LogP contribution in [-0.4, -0.2) is 25.0 Å². The van der Waals surface area contributed by atoms with Gasteiger partial charge in [-0.1, -0.05) is 19.9 Å². The maximum atomic E-state index is 13.5. The third kappa shape index (κ3) is 3.15. The molecule has 0 aromatic heterocycles. The van der Waals surface area contributed by atoms with Gasteiger partial charge in [0.1, 0.15) is 0 Å². The number of piperidine rings is 1. The van der Waals surface area contributed by atoms with E-state index in [1.54, 1.807) is 0 Å². The summed E-state index contributed by atoms with van der Waals surface area (Å²) in [5.41, 5.74) is -0.176. The third-order valence-corrected chi connectivity index (χ3v) is 3.99. The van der Waals surface area contributed by atoms with E-state index in [1.165, 1.54) is 12.1 Å². The molecule has 20 heavy (non-hydrogen) atoms. The van der Waals surface area contributed by atoms with Crippen molar-refractivity contribution in [3.05, 3.63) is 35.4 Å². The quantitative estimate of drug-likeness (QED) is 0.894. The van der Waals surface area contributed by atoms with Crippen LogP contribution in [0.4, 0.5) is 8.78 Å². The van der Waals surface area contributed by atoms with Crippen LogP contribution in [0.1, 0.15) is 37.0 Å². The second-order valence-corrected chi connectivity index (χ2v) is 5.91. The fraction of sp³-hybridized carbons (Fsp3) is 0.533. The smallest absolute Gasteiger partial charge is 0.254 e. The van der Waals surface area contributed by atoms with Crippen LogP contribution in [0.25, 0.3) is 0 Å². The van der Waals surface area contributed by atoms with Gasteiger partial charge in [-0.3, -0.25) is 4.79 Å². The third-order valence-electron chi connectivity index (χ3n) is 3.99. The first-order valence-electron chi connectivity index (χ1n) is 6.87. The van der Waals surface area contributed by atoms with Crippen LogP contribution in [0.3, 0.4) is 0 Å². The summed E-state index contributed by atoms with van der Waals surface area (Å²) in [5.74, 6) is -2.68. The zero-order valence-electron chi connectivity index (χ0n) is 11.8. The molecule has 1 heterocycles. The molecule has 1 saturated heterocycles. The van der Waals surface area contributed by atoms with Gasteiger partial charge in [0.05, 0.1) is 5.56 Å². The molecule has 1 fully saturated rings. The highest BCUT2D eigenvalue weighted by atomic mass is 19.2. The van der Waals surface area contributed by atoms with Crippen LogP contribution in [-0.2, 0) is 0 Å². The van der Waals surface area contributed by atoms with E-state index in [9.17, 15) is 13.6 Å². The zero-order chi connectivity index (χ0) is 14.8. The minimum Gasteiger partial charge on any atom is -0.350 e. The molecule has 1 aromatic rings. The summed E-state index contributed by atoms with van der Waals surface area (Å²) < 4.78 is 26.6. The average molecular weight is 282 g/mol. The number of carbonyl (C=O) groups excluding carboxylic acids is 1. The molecule has 1 unspecified atom stereocenters. The van der Waals surface area contributed by atoms with Crippen molar-refractivity contribution in [2.75, 3.05) is 13.1 Å². The lowest BCUT2D eigenvalue weighted by molar-refractivity contribution is 0.0924. The molecule has 1 amide bonds. The molecule has 2 rings (SSSR count). The number of amides is 1. The molecular formula is C15H20F2N2O. The van der Waals surface area contributed by atoms with Gasteiger partial charge in [0.2, 0.25) is 0 Å². The lowest BCUT2D eigenvalue weighted by Crippen LogP contribution is -2.52. The van der Waals surface area contributed by atoms with Crippen molar-refractivity contribution in [1.82, 2.24) is 10.6 Å². The maximum Gasteiger partial charge on any atom is 0.254 e. The molecule has 110 valence electrons. The van der Waals surface area contributed by atoms with Crippen molar-refractivity contribution < 1.29 is 13.6 Å². The fourth-order valence-corrected chi connectivity index (χ4v) is 2.59. The maximum absolute atomic E-state index is 13.5. The Morgan fingerprint density at radius 2 is 2.20 bits per heavy atom. The predicted molar refractivity (Wildman–Crippen MR) is 73.5 cm³/mol. The van der Waals surface area contributed by atoms with E-state index >= 15 is 0 Å². The first-order chi connectivity index (χ1) is 9.42. The predicted octanol–water partition coefficient (Wildman–Crippen LogP) is 2.47. The monoisotopic (exact) mass is 282 g/mol. The summed E-state index contributed by atoms with van der Waals surface area (Å²) >= 11 is 0. The Morgan fingerprint density at radius 1 is 1.45 bits per heavy atom. The van der Waals surface area contributed by atoms with Crippen LogP contribution in [0.2, 0.25) is 0 Å². The molecule has 1 aliphatic rings. The van der Waals surface area contributed by atoms with Gasteiger partial charge in [-0.2, -0.15) is 0 Å². The van der Waals surface area contributed by atoms with E-state index in [2.05, 4.69) is 24.5 Å². The fourth-order valence-electron chi connectivity index (χ4n) is 2.59. The Kier molecular flexibility index (Phi) is 4.38. The Labute approximate surface area is 117 Å². The Bertz CT molecular complexity index is 503. The number of hydrogen-bond donors (Lipinski definition) is 2. The lowest BCUT2D eigenvalue weighted by Gasteiger charge is -2.39. The number of hydrogen-bond acceptors (Lipinski definition) is 2. The lowest BCUT2D eigenvalue weighted by atomic mass is 9.77. The Balaban J connectivity index is 2.00. The minimum atomic E-state index is -1.10. The number of nitrogens with one attached hydrogen (secondary N) is 2. The highest BCUT2D eigenvalue weighted by Crippen LogP contribution is 2.29. The van der Waals surface area contributed by atoms with E-state index in [-0.39, 0.29) is 17.0 Å². The van der Waals surface area contributed by atoms with Gasteiger partial charge in [0.25, 0.3) is 5.91 Å². The second kappa shape index (κ2) is 5.87. The molecule has 1 aliphatic heterocycles. The number of benzene rings is 1. The van der Waals surface area contributed by atoms with Gasteiger partial charge in [0, 0.05) is 12.6 Å². The van der Waals surface area contributed by atoms with Crippen LogP contribution < -0.4 is 10.6 Å². The van der Waals surface area contributed by atoms with Crippen LogP contribution >= 0.6 is 0 Å². The second-order valence-electron chi connectivity index (χ2n) is 5.91. The van der Waals surface area contributed by atoms with Gasteiger partial charge in [-0.25, -0.2) is 8.78 Å². The van der Waals surface area contributed by atoms with Gasteiger partial charge in [0.15, 0.2) is 11.6 Å². The molecule has 1 aromatic carbocycles. The highest BCUT2D eigenvalue weighted by molar-refractivity contribution is 5.94. The summed E-state index contributed by atoms with van der Waals surface area (Å²) in [6.45, 7) is 5.59. The number of halogens is 2. The van der Waals surface area contributed by atoms with E-state index in [0.29, 0.717) is 6.54 Å². The van der Waals surface area contributed by atoms with Gasteiger partial charge >= 0.3 is 0 Å². The summed E-state index contributed by atoms with van der Waals surface area (Å²) in [7, 11) is 0. The van der Waals surface area contributed by atoms with Crippen molar-refractivity contribution in [2.45, 2.75) is 32.7 Å². The zero-order valence-corrected chi connectivity index (χ0v) is 11.8. The first kappa shape index (κ1) is 14.9. The van der Waals surface area contributed by atoms with Crippen molar-refractivity contribution in [3.8, 4) is 0 Å². The molecule has 1 atom stereocenters. The van der Waals surface area contributed by atoms with Gasteiger partial charge in [-0.05, 0) is 36.9 Å². The van der Waals surface area contributed by atoms with E-state index in [0.717, 1.165) is 25.5 Å². The van der Waals surface area contributed by atoms with Crippen LogP contribution in [0, 0.1) is 17.0 Å². The number of rotatable bonds is 3. The Morgan fingerprint density at radius 3 is 2.90 bits per heavy atom. The number of carbonyl (C=O) groups is 1. The van der Waals surface area contributed by atoms with Crippen LogP contribution in [0.5, 0.6) is 0 Å². The van der Waals surface area contributed by atoms with E-state index < -0.39 is 17.5 Å². The minimum absolute atomic E-state index is 0.0754. The van der Waals surface area contributed by atoms with E-state index in [4.69, 9.17) is 0 Å². The summed E-state index contributed by atoms with van der Waals surface area (Å²) in [6.07, 6.45) is 2.19. The molecule has 2 N–H and O–H groups in total. The molecule has 0 aliphatic carbocycles. The van der Waals surface area contributed by atoms with Gasteiger partial charge < -0.3 is 10.6 Å². The molecule has 3 nitrogen and oxygen atoms in total. The Hall–Kier alpha value is -1.49. The molecular weight excluding hydrogens is 262 g/mol. The molecule has 0 bridgehead atoms. The normalized spacial score (nSPS) is 21.5. The van der Waals surface area contributed by atoms with Gasteiger partial charge in [-0.15, -0.1) is 0 Å². The van der Waals surface area contributed by atoms with Crippen molar-refractivity contribution >= 4 is 5.91 Å². The summed E-state index contributed by atoms with van der Waals surface area (Å²) in [6, 6.07) is 3.75. The molecule has 0 spiro atoms. The highest BCUT2D eigenvalue weighted by Gasteiger charge is 2.32. The molecule has 0 saturated carbocycles. The topological polar surface area (TPSA) is 41.1 Å². The van der Waals surface area contributed by atoms with E-state index in [1.807, 2.05) is 0 Å². The van der Waals surface area contributed by atoms with Crippen molar-refractivity contribution in [1.29, 1.82) is 0 Å². The SMILES string of the molecule is CC1(C)CCCNC1CNC(=O)c1cccc(F)c1F. The first-order valence-corrected chi connectivity index (χ1v) is 6.87. The van der Waals surface area contributed by atoms with Crippen molar-refractivity contribution in [3.63, 3.8) is 0 Å².